The number of carbonyl (C=O) groups excluding carboxylic acids is 1. The van der Waals surface area contributed by atoms with Gasteiger partial charge in [-0.05, 0) is 20.8 Å². The van der Waals surface area contributed by atoms with E-state index in [-0.39, 0.29) is 11.3 Å². The topological polar surface area (TPSA) is 68.0 Å². The predicted octanol–water partition coefficient (Wildman–Crippen LogP) is 3.11. The number of nitrogens with zero attached hydrogens (tertiary/aromatic N) is 2. The standard InChI is InChI=1S/C13H17N3O2S/c1-5-11(17)15-12-6-9(16-18-12)13(3,4)10-7-14-8(2)19-10/h6-7H,5H2,1-4H3,(H,15,17). The molecule has 0 saturated carbocycles. The molecule has 2 aromatic heterocycles. The van der Waals surface area contributed by atoms with Crippen LogP contribution in [0.4, 0.5) is 5.88 Å². The fourth-order valence-electron chi connectivity index (χ4n) is 1.63. The third-order valence-electron chi connectivity index (χ3n) is 2.97. The normalized spacial score (nSPS) is 11.6. The summed E-state index contributed by atoms with van der Waals surface area (Å²) >= 11 is 1.64. The highest BCUT2D eigenvalue weighted by Gasteiger charge is 2.29. The lowest BCUT2D eigenvalue weighted by molar-refractivity contribution is -0.116. The van der Waals surface area contributed by atoms with Crippen LogP contribution in [0.5, 0.6) is 0 Å². The van der Waals surface area contributed by atoms with Crippen molar-refractivity contribution in [3.05, 3.63) is 27.8 Å². The third kappa shape index (κ3) is 2.84. The van der Waals surface area contributed by atoms with E-state index in [0.29, 0.717) is 12.3 Å². The summed E-state index contributed by atoms with van der Waals surface area (Å²) in [5, 5.41) is 7.73. The number of rotatable bonds is 4. The zero-order valence-corrected chi connectivity index (χ0v) is 12.3. The Morgan fingerprint density at radius 3 is 2.84 bits per heavy atom. The second-order valence-electron chi connectivity index (χ2n) is 4.85. The van der Waals surface area contributed by atoms with Crippen LogP contribution in [0.2, 0.25) is 0 Å². The van der Waals surface area contributed by atoms with Crippen LogP contribution < -0.4 is 5.32 Å². The Hall–Kier alpha value is -1.69. The molecule has 0 aliphatic carbocycles. The Balaban J connectivity index is 2.24. The molecule has 1 N–H and O–H groups in total. The number of aromatic nitrogens is 2. The lowest BCUT2D eigenvalue weighted by atomic mass is 9.88. The van der Waals surface area contributed by atoms with Gasteiger partial charge in [0.25, 0.3) is 0 Å². The highest BCUT2D eigenvalue weighted by atomic mass is 32.1. The van der Waals surface area contributed by atoms with Gasteiger partial charge in [-0.3, -0.25) is 10.1 Å². The summed E-state index contributed by atoms with van der Waals surface area (Å²) in [5.74, 6) is 0.297. The number of nitrogens with one attached hydrogen (secondary N) is 1. The summed E-state index contributed by atoms with van der Waals surface area (Å²) in [6.45, 7) is 7.88. The largest absolute Gasteiger partial charge is 0.338 e. The number of amides is 1. The maximum atomic E-state index is 11.3. The summed E-state index contributed by atoms with van der Waals surface area (Å²) in [6, 6.07) is 1.77. The molecule has 0 atom stereocenters. The molecule has 0 aliphatic heterocycles. The quantitative estimate of drug-likeness (QED) is 0.933. The van der Waals surface area contributed by atoms with Crippen molar-refractivity contribution in [2.45, 2.75) is 39.5 Å². The van der Waals surface area contributed by atoms with Gasteiger partial charge in [0.2, 0.25) is 11.8 Å². The van der Waals surface area contributed by atoms with Gasteiger partial charge in [-0.2, -0.15) is 0 Å². The minimum atomic E-state index is -0.287. The molecular weight excluding hydrogens is 262 g/mol. The van der Waals surface area contributed by atoms with Crippen molar-refractivity contribution < 1.29 is 9.32 Å². The SMILES string of the molecule is CCC(=O)Nc1cc(C(C)(C)c2cnc(C)s2)no1. The first-order valence-corrected chi connectivity index (χ1v) is 6.95. The Bertz CT molecular complexity index is 586. The summed E-state index contributed by atoms with van der Waals surface area (Å²) < 4.78 is 5.15. The van der Waals surface area contributed by atoms with Crippen molar-refractivity contribution in [3.63, 3.8) is 0 Å². The molecule has 0 saturated heterocycles. The summed E-state index contributed by atoms with van der Waals surface area (Å²) in [6.07, 6.45) is 2.27. The number of anilines is 1. The summed E-state index contributed by atoms with van der Waals surface area (Å²) in [4.78, 5) is 16.7. The van der Waals surface area contributed by atoms with Gasteiger partial charge in [0, 0.05) is 29.0 Å². The van der Waals surface area contributed by atoms with Crippen molar-refractivity contribution in [2.75, 3.05) is 5.32 Å². The van der Waals surface area contributed by atoms with E-state index in [2.05, 4.69) is 29.3 Å². The van der Waals surface area contributed by atoms with E-state index in [1.807, 2.05) is 13.1 Å². The van der Waals surface area contributed by atoms with Crippen molar-refractivity contribution in [3.8, 4) is 0 Å². The second-order valence-corrected chi connectivity index (χ2v) is 6.08. The van der Waals surface area contributed by atoms with Crippen LogP contribution in [0, 0.1) is 6.92 Å². The van der Waals surface area contributed by atoms with Crippen molar-refractivity contribution in [2.24, 2.45) is 0 Å². The van der Waals surface area contributed by atoms with Gasteiger partial charge in [-0.1, -0.05) is 12.1 Å². The maximum absolute atomic E-state index is 11.3. The van der Waals surface area contributed by atoms with Crippen LogP contribution in [0.25, 0.3) is 0 Å². The number of aryl methyl sites for hydroxylation is 1. The third-order valence-corrected chi connectivity index (χ3v) is 4.21. The van der Waals surface area contributed by atoms with E-state index in [4.69, 9.17) is 4.52 Å². The Labute approximate surface area is 116 Å². The van der Waals surface area contributed by atoms with Gasteiger partial charge >= 0.3 is 0 Å². The number of hydrogen-bond donors (Lipinski definition) is 1. The van der Waals surface area contributed by atoms with Crippen LogP contribution in [0.3, 0.4) is 0 Å². The van der Waals surface area contributed by atoms with E-state index in [1.54, 1.807) is 24.3 Å². The van der Waals surface area contributed by atoms with Gasteiger partial charge in [0.05, 0.1) is 10.7 Å². The average molecular weight is 279 g/mol. The van der Waals surface area contributed by atoms with Gasteiger partial charge in [-0.15, -0.1) is 11.3 Å². The molecule has 5 nitrogen and oxygen atoms in total. The zero-order chi connectivity index (χ0) is 14.0. The maximum Gasteiger partial charge on any atom is 0.231 e. The number of carbonyl (C=O) groups is 1. The van der Waals surface area contributed by atoms with E-state index >= 15 is 0 Å². The molecule has 1 amide bonds. The van der Waals surface area contributed by atoms with Crippen LogP contribution in [0.15, 0.2) is 16.8 Å². The van der Waals surface area contributed by atoms with Crippen LogP contribution in [-0.4, -0.2) is 16.0 Å². The monoisotopic (exact) mass is 279 g/mol. The first-order valence-electron chi connectivity index (χ1n) is 6.13. The van der Waals surface area contributed by atoms with E-state index in [1.165, 1.54) is 0 Å². The molecule has 0 radical (unpaired) electrons. The Morgan fingerprint density at radius 1 is 1.53 bits per heavy atom. The molecule has 0 aliphatic rings. The molecule has 0 bridgehead atoms. The molecule has 2 rings (SSSR count). The Morgan fingerprint density at radius 2 is 2.26 bits per heavy atom. The summed E-state index contributed by atoms with van der Waals surface area (Å²) in [5.41, 5.74) is 0.493. The fraction of sp³-hybridized carbons (Fsp3) is 0.462. The van der Waals surface area contributed by atoms with Crippen LogP contribution in [-0.2, 0) is 10.2 Å². The first kappa shape index (κ1) is 13.7. The van der Waals surface area contributed by atoms with Gasteiger partial charge in [0.1, 0.15) is 0 Å². The van der Waals surface area contributed by atoms with Gasteiger partial charge in [0.15, 0.2) is 0 Å². The molecule has 6 heteroatoms. The highest BCUT2D eigenvalue weighted by Crippen LogP contribution is 2.35. The number of thiazole rings is 1. The van der Waals surface area contributed by atoms with E-state index in [9.17, 15) is 4.79 Å². The molecule has 0 aromatic carbocycles. The molecule has 0 spiro atoms. The van der Waals surface area contributed by atoms with Crippen molar-refractivity contribution >= 4 is 23.1 Å². The first-order chi connectivity index (χ1) is 8.93. The smallest absolute Gasteiger partial charge is 0.231 e. The molecular formula is C13H17N3O2S. The van der Waals surface area contributed by atoms with Crippen LogP contribution >= 0.6 is 11.3 Å². The van der Waals surface area contributed by atoms with Gasteiger partial charge in [-0.25, -0.2) is 4.98 Å². The molecule has 2 aromatic rings. The molecule has 102 valence electrons. The van der Waals surface area contributed by atoms with E-state index < -0.39 is 0 Å². The van der Waals surface area contributed by atoms with Crippen LogP contribution in [0.1, 0.15) is 42.8 Å². The molecule has 0 unspecified atom stereocenters. The second kappa shape index (κ2) is 5.13. The lowest BCUT2D eigenvalue weighted by Gasteiger charge is -2.18. The zero-order valence-electron chi connectivity index (χ0n) is 11.5. The van der Waals surface area contributed by atoms with E-state index in [0.717, 1.165) is 15.6 Å². The molecule has 2 heterocycles. The lowest BCUT2D eigenvalue weighted by Crippen LogP contribution is -2.17. The fourth-order valence-corrected chi connectivity index (χ4v) is 2.52. The Kier molecular flexibility index (Phi) is 3.71. The van der Waals surface area contributed by atoms with Crippen molar-refractivity contribution in [1.29, 1.82) is 0 Å². The highest BCUT2D eigenvalue weighted by molar-refractivity contribution is 7.11. The van der Waals surface area contributed by atoms with Crippen molar-refractivity contribution in [1.82, 2.24) is 10.1 Å². The average Bonchev–Trinajstić information content (AvgIpc) is 2.98. The number of hydrogen-bond acceptors (Lipinski definition) is 5. The minimum Gasteiger partial charge on any atom is -0.338 e. The molecule has 19 heavy (non-hydrogen) atoms. The minimum absolute atomic E-state index is 0.0888. The predicted molar refractivity (Wildman–Crippen MR) is 74.4 cm³/mol. The van der Waals surface area contributed by atoms with Gasteiger partial charge < -0.3 is 4.52 Å². The molecule has 0 fully saturated rings. The summed E-state index contributed by atoms with van der Waals surface area (Å²) in [7, 11) is 0.